The van der Waals surface area contributed by atoms with Gasteiger partial charge in [0, 0.05) is 10.3 Å². The normalized spacial score (nSPS) is 10.7. The number of thioether (sulfide) groups is 1. The van der Waals surface area contributed by atoms with Crippen LogP contribution in [0.15, 0.2) is 63.9 Å². The van der Waals surface area contributed by atoms with E-state index in [1.807, 2.05) is 48.5 Å². The second kappa shape index (κ2) is 8.58. The Kier molecular flexibility index (Phi) is 5.96. The molecule has 1 heterocycles. The van der Waals surface area contributed by atoms with Crippen LogP contribution in [-0.4, -0.2) is 24.3 Å². The molecule has 0 atom stereocenters. The first-order chi connectivity index (χ1) is 12.7. The Hall–Kier alpha value is -2.73. The van der Waals surface area contributed by atoms with Gasteiger partial charge in [-0.2, -0.15) is 0 Å². The number of furan rings is 1. The third kappa shape index (κ3) is 4.26. The standard InChI is InChI=1S/C20H18O5S/c1-2-23-20(22)19-16(15-10-6-7-11-17(15)25-19)12-24-18(21)13-26-14-8-4-3-5-9-14/h3-11H,2,12-13H2,1H3. The summed E-state index contributed by atoms with van der Waals surface area (Å²) in [6.07, 6.45) is 0. The molecule has 2 aromatic carbocycles. The molecule has 0 aliphatic rings. The number of benzene rings is 2. The van der Waals surface area contributed by atoms with E-state index in [2.05, 4.69) is 0 Å². The molecule has 26 heavy (non-hydrogen) atoms. The van der Waals surface area contributed by atoms with Crippen molar-refractivity contribution in [3.05, 3.63) is 65.9 Å². The lowest BCUT2D eigenvalue weighted by Crippen LogP contribution is -2.10. The number of hydrogen-bond donors (Lipinski definition) is 0. The summed E-state index contributed by atoms with van der Waals surface area (Å²) in [5.74, 6) is -0.655. The zero-order valence-electron chi connectivity index (χ0n) is 14.3. The van der Waals surface area contributed by atoms with Crippen LogP contribution in [0.1, 0.15) is 23.0 Å². The molecule has 3 rings (SSSR count). The van der Waals surface area contributed by atoms with Crippen molar-refractivity contribution in [1.29, 1.82) is 0 Å². The molecule has 0 N–H and O–H groups in total. The number of fused-ring (bicyclic) bond motifs is 1. The average Bonchev–Trinajstić information content (AvgIpc) is 3.04. The minimum atomic E-state index is -0.562. The molecule has 0 spiro atoms. The number of rotatable bonds is 7. The van der Waals surface area contributed by atoms with E-state index in [1.54, 1.807) is 13.0 Å². The van der Waals surface area contributed by atoms with Crippen molar-refractivity contribution < 1.29 is 23.5 Å². The molecule has 1 aromatic heterocycles. The summed E-state index contributed by atoms with van der Waals surface area (Å²) in [6.45, 7) is 1.92. The first-order valence-electron chi connectivity index (χ1n) is 8.20. The summed E-state index contributed by atoms with van der Waals surface area (Å²) in [4.78, 5) is 25.2. The van der Waals surface area contributed by atoms with Crippen LogP contribution in [0, 0.1) is 0 Å². The number of carbonyl (C=O) groups excluding carboxylic acids is 2. The second-order valence-electron chi connectivity index (χ2n) is 5.39. The smallest absolute Gasteiger partial charge is 0.374 e. The van der Waals surface area contributed by atoms with Gasteiger partial charge in [-0.25, -0.2) is 4.79 Å². The van der Waals surface area contributed by atoms with Crippen molar-refractivity contribution in [2.24, 2.45) is 0 Å². The number of ether oxygens (including phenoxy) is 2. The predicted molar refractivity (Wildman–Crippen MR) is 99.1 cm³/mol. The number of para-hydroxylation sites is 1. The molecule has 3 aromatic rings. The van der Waals surface area contributed by atoms with Gasteiger partial charge in [0.2, 0.25) is 5.76 Å². The van der Waals surface area contributed by atoms with Crippen molar-refractivity contribution in [3.8, 4) is 0 Å². The Morgan fingerprint density at radius 2 is 1.73 bits per heavy atom. The van der Waals surface area contributed by atoms with Crippen molar-refractivity contribution in [2.45, 2.75) is 18.4 Å². The minimum Gasteiger partial charge on any atom is -0.460 e. The molecule has 0 aliphatic heterocycles. The van der Waals surface area contributed by atoms with Gasteiger partial charge in [0.05, 0.1) is 17.9 Å². The highest BCUT2D eigenvalue weighted by atomic mass is 32.2. The Balaban J connectivity index is 1.70. The van der Waals surface area contributed by atoms with Crippen LogP contribution in [0.5, 0.6) is 0 Å². The topological polar surface area (TPSA) is 65.7 Å². The Morgan fingerprint density at radius 3 is 2.50 bits per heavy atom. The fourth-order valence-electron chi connectivity index (χ4n) is 2.46. The van der Waals surface area contributed by atoms with Gasteiger partial charge in [-0.1, -0.05) is 36.4 Å². The van der Waals surface area contributed by atoms with Crippen LogP contribution in [0.3, 0.4) is 0 Å². The van der Waals surface area contributed by atoms with Crippen molar-refractivity contribution >= 4 is 34.7 Å². The van der Waals surface area contributed by atoms with Crippen LogP contribution in [0.25, 0.3) is 11.0 Å². The summed E-state index contributed by atoms with van der Waals surface area (Å²) in [5.41, 5.74) is 1.08. The van der Waals surface area contributed by atoms with Gasteiger partial charge in [0.25, 0.3) is 0 Å². The van der Waals surface area contributed by atoms with E-state index in [0.717, 1.165) is 10.3 Å². The molecule has 0 saturated carbocycles. The predicted octanol–water partition coefficient (Wildman–Crippen LogP) is 4.45. The summed E-state index contributed by atoms with van der Waals surface area (Å²) in [6, 6.07) is 16.8. The minimum absolute atomic E-state index is 0.0423. The van der Waals surface area contributed by atoms with E-state index < -0.39 is 5.97 Å². The molecule has 6 heteroatoms. The number of carbonyl (C=O) groups is 2. The van der Waals surface area contributed by atoms with E-state index in [1.165, 1.54) is 11.8 Å². The van der Waals surface area contributed by atoms with E-state index in [4.69, 9.17) is 13.9 Å². The first kappa shape index (κ1) is 18.1. The monoisotopic (exact) mass is 370 g/mol. The molecule has 0 saturated heterocycles. The Bertz CT molecular complexity index is 901. The summed E-state index contributed by atoms with van der Waals surface area (Å²) in [5, 5.41) is 0.735. The molecule has 0 unspecified atom stereocenters. The van der Waals surface area contributed by atoms with Crippen LogP contribution in [0.2, 0.25) is 0 Å². The SMILES string of the molecule is CCOC(=O)c1oc2ccccc2c1COC(=O)CSc1ccccc1. The lowest BCUT2D eigenvalue weighted by atomic mass is 10.1. The highest BCUT2D eigenvalue weighted by molar-refractivity contribution is 8.00. The van der Waals surface area contributed by atoms with E-state index >= 15 is 0 Å². The fraction of sp³-hybridized carbons (Fsp3) is 0.200. The molecule has 134 valence electrons. The van der Waals surface area contributed by atoms with Gasteiger partial charge < -0.3 is 13.9 Å². The third-order valence-electron chi connectivity index (χ3n) is 3.64. The molecule has 5 nitrogen and oxygen atoms in total. The van der Waals surface area contributed by atoms with E-state index in [9.17, 15) is 9.59 Å². The second-order valence-corrected chi connectivity index (χ2v) is 6.44. The zero-order valence-corrected chi connectivity index (χ0v) is 15.1. The van der Waals surface area contributed by atoms with E-state index in [-0.39, 0.29) is 30.7 Å². The van der Waals surface area contributed by atoms with E-state index in [0.29, 0.717) is 11.1 Å². The molecular weight excluding hydrogens is 352 g/mol. The first-order valence-corrected chi connectivity index (χ1v) is 9.18. The largest absolute Gasteiger partial charge is 0.460 e. The van der Waals surface area contributed by atoms with Crippen molar-refractivity contribution in [1.82, 2.24) is 0 Å². The number of hydrogen-bond acceptors (Lipinski definition) is 6. The van der Waals surface area contributed by atoms with Gasteiger partial charge >= 0.3 is 11.9 Å². The maximum absolute atomic E-state index is 12.1. The zero-order chi connectivity index (χ0) is 18.4. The molecule has 0 bridgehead atoms. The lowest BCUT2D eigenvalue weighted by molar-refractivity contribution is -0.141. The van der Waals surface area contributed by atoms with Gasteiger partial charge in [-0.05, 0) is 25.1 Å². The maximum Gasteiger partial charge on any atom is 0.374 e. The Labute approximate surface area is 155 Å². The summed E-state index contributed by atoms with van der Waals surface area (Å²) < 4.78 is 16.0. The van der Waals surface area contributed by atoms with Crippen LogP contribution < -0.4 is 0 Å². The molecule has 0 radical (unpaired) electrons. The molecule has 0 amide bonds. The molecule has 0 fully saturated rings. The van der Waals surface area contributed by atoms with Gasteiger partial charge in [0.1, 0.15) is 12.2 Å². The van der Waals surface area contributed by atoms with Gasteiger partial charge in [-0.15, -0.1) is 11.8 Å². The fourth-order valence-corrected chi connectivity index (χ4v) is 3.17. The van der Waals surface area contributed by atoms with Crippen LogP contribution in [-0.2, 0) is 20.9 Å². The van der Waals surface area contributed by atoms with Gasteiger partial charge in [-0.3, -0.25) is 4.79 Å². The number of esters is 2. The van der Waals surface area contributed by atoms with Gasteiger partial charge in [0.15, 0.2) is 0 Å². The summed E-state index contributed by atoms with van der Waals surface area (Å²) >= 11 is 1.40. The van der Waals surface area contributed by atoms with Crippen LogP contribution >= 0.6 is 11.8 Å². The van der Waals surface area contributed by atoms with Crippen molar-refractivity contribution in [2.75, 3.05) is 12.4 Å². The van der Waals surface area contributed by atoms with Crippen molar-refractivity contribution in [3.63, 3.8) is 0 Å². The summed E-state index contributed by atoms with van der Waals surface area (Å²) in [7, 11) is 0. The molecular formula is C20H18O5S. The maximum atomic E-state index is 12.1. The van der Waals surface area contributed by atoms with Crippen LogP contribution in [0.4, 0.5) is 0 Å². The quantitative estimate of drug-likeness (QED) is 0.452. The average molecular weight is 370 g/mol. The highest BCUT2D eigenvalue weighted by Crippen LogP contribution is 2.27. The lowest BCUT2D eigenvalue weighted by Gasteiger charge is -2.06. The Morgan fingerprint density at radius 1 is 1.00 bits per heavy atom. The molecule has 0 aliphatic carbocycles. The third-order valence-corrected chi connectivity index (χ3v) is 4.62. The highest BCUT2D eigenvalue weighted by Gasteiger charge is 2.22.